The maximum absolute atomic E-state index is 12.2. The topological polar surface area (TPSA) is 79.7 Å². The summed E-state index contributed by atoms with van der Waals surface area (Å²) in [6, 6.07) is 3.44. The number of aliphatic carboxylic acids is 1. The molecule has 1 aliphatic heterocycles. The molecule has 0 aliphatic carbocycles. The SMILES string of the molecule is O=C(O)CCC1CN(C(=O)c2cccnc2)CCO1. The van der Waals surface area contributed by atoms with Crippen molar-refractivity contribution in [2.24, 2.45) is 0 Å². The predicted molar refractivity (Wildman–Crippen MR) is 66.8 cm³/mol. The van der Waals surface area contributed by atoms with Crippen LogP contribution in [0, 0.1) is 0 Å². The first-order chi connectivity index (χ1) is 9.16. The monoisotopic (exact) mass is 264 g/mol. The van der Waals surface area contributed by atoms with E-state index in [9.17, 15) is 9.59 Å². The van der Waals surface area contributed by atoms with Crippen molar-refractivity contribution in [3.8, 4) is 0 Å². The molecule has 1 atom stereocenters. The van der Waals surface area contributed by atoms with Gasteiger partial charge in [0.15, 0.2) is 0 Å². The van der Waals surface area contributed by atoms with Gasteiger partial charge in [0.05, 0.1) is 18.3 Å². The molecule has 0 bridgehead atoms. The molecule has 1 aliphatic rings. The van der Waals surface area contributed by atoms with E-state index in [0.717, 1.165) is 0 Å². The highest BCUT2D eigenvalue weighted by atomic mass is 16.5. The minimum Gasteiger partial charge on any atom is -0.481 e. The van der Waals surface area contributed by atoms with E-state index in [0.29, 0.717) is 31.7 Å². The first-order valence-corrected chi connectivity index (χ1v) is 6.19. The Morgan fingerprint density at radius 3 is 3.05 bits per heavy atom. The van der Waals surface area contributed by atoms with Crippen LogP contribution in [0.25, 0.3) is 0 Å². The van der Waals surface area contributed by atoms with Crippen LogP contribution >= 0.6 is 0 Å². The number of rotatable bonds is 4. The molecular formula is C13H16N2O4. The average Bonchev–Trinajstić information content (AvgIpc) is 2.45. The highest BCUT2D eigenvalue weighted by Gasteiger charge is 2.25. The van der Waals surface area contributed by atoms with Crippen molar-refractivity contribution in [2.75, 3.05) is 19.7 Å². The van der Waals surface area contributed by atoms with E-state index in [-0.39, 0.29) is 18.4 Å². The molecule has 1 saturated heterocycles. The van der Waals surface area contributed by atoms with Crippen molar-refractivity contribution in [2.45, 2.75) is 18.9 Å². The molecule has 2 rings (SSSR count). The summed E-state index contributed by atoms with van der Waals surface area (Å²) in [5.74, 6) is -0.934. The summed E-state index contributed by atoms with van der Waals surface area (Å²) in [5, 5.41) is 8.65. The van der Waals surface area contributed by atoms with Crippen molar-refractivity contribution < 1.29 is 19.4 Å². The van der Waals surface area contributed by atoms with E-state index < -0.39 is 5.97 Å². The number of hydrogen-bond acceptors (Lipinski definition) is 4. The van der Waals surface area contributed by atoms with Crippen LogP contribution in [0.3, 0.4) is 0 Å². The molecule has 1 aromatic heterocycles. The predicted octanol–water partition coefficient (Wildman–Crippen LogP) is 0.787. The van der Waals surface area contributed by atoms with Crippen molar-refractivity contribution in [1.82, 2.24) is 9.88 Å². The van der Waals surface area contributed by atoms with Gasteiger partial charge in [0.1, 0.15) is 0 Å². The Labute approximate surface area is 111 Å². The first-order valence-electron chi connectivity index (χ1n) is 6.19. The second kappa shape index (κ2) is 6.29. The summed E-state index contributed by atoms with van der Waals surface area (Å²) in [4.78, 5) is 28.3. The third-order valence-electron chi connectivity index (χ3n) is 3.01. The Morgan fingerprint density at radius 1 is 1.53 bits per heavy atom. The molecule has 1 unspecified atom stereocenters. The highest BCUT2D eigenvalue weighted by molar-refractivity contribution is 5.93. The number of morpholine rings is 1. The number of ether oxygens (including phenoxy) is 1. The number of carbonyl (C=O) groups excluding carboxylic acids is 1. The number of carbonyl (C=O) groups is 2. The molecule has 1 amide bonds. The van der Waals surface area contributed by atoms with Crippen molar-refractivity contribution in [1.29, 1.82) is 0 Å². The summed E-state index contributed by atoms with van der Waals surface area (Å²) in [5.41, 5.74) is 0.543. The van der Waals surface area contributed by atoms with Crippen molar-refractivity contribution in [3.05, 3.63) is 30.1 Å². The Morgan fingerprint density at radius 2 is 2.37 bits per heavy atom. The largest absolute Gasteiger partial charge is 0.481 e. The third kappa shape index (κ3) is 3.75. The maximum atomic E-state index is 12.2. The Balaban J connectivity index is 1.93. The van der Waals surface area contributed by atoms with Gasteiger partial charge >= 0.3 is 5.97 Å². The third-order valence-corrected chi connectivity index (χ3v) is 3.01. The maximum Gasteiger partial charge on any atom is 0.303 e. The molecule has 1 aromatic rings. The quantitative estimate of drug-likeness (QED) is 0.869. The number of amides is 1. The normalized spacial score (nSPS) is 19.2. The summed E-state index contributed by atoms with van der Waals surface area (Å²) < 4.78 is 5.47. The lowest BCUT2D eigenvalue weighted by Gasteiger charge is -2.32. The smallest absolute Gasteiger partial charge is 0.303 e. The fourth-order valence-electron chi connectivity index (χ4n) is 2.03. The van der Waals surface area contributed by atoms with E-state index in [1.807, 2.05) is 0 Å². The van der Waals surface area contributed by atoms with Crippen LogP contribution in [0.2, 0.25) is 0 Å². The first kappa shape index (κ1) is 13.5. The van der Waals surface area contributed by atoms with E-state index in [1.54, 1.807) is 23.2 Å². The molecule has 0 aromatic carbocycles. The zero-order valence-electron chi connectivity index (χ0n) is 10.5. The molecule has 2 heterocycles. The van der Waals surface area contributed by atoms with Gasteiger partial charge in [-0.1, -0.05) is 0 Å². The summed E-state index contributed by atoms with van der Waals surface area (Å²) >= 11 is 0. The number of carboxylic acid groups (broad SMARTS) is 1. The number of hydrogen-bond donors (Lipinski definition) is 1. The molecule has 102 valence electrons. The van der Waals surface area contributed by atoms with Crippen molar-refractivity contribution in [3.63, 3.8) is 0 Å². The van der Waals surface area contributed by atoms with Crippen LogP contribution in [0.15, 0.2) is 24.5 Å². The van der Waals surface area contributed by atoms with E-state index in [2.05, 4.69) is 4.98 Å². The van der Waals surface area contributed by atoms with Crippen LogP contribution in [0.4, 0.5) is 0 Å². The lowest BCUT2D eigenvalue weighted by molar-refractivity contribution is -0.138. The number of nitrogens with zero attached hydrogens (tertiary/aromatic N) is 2. The molecule has 1 fully saturated rings. The van der Waals surface area contributed by atoms with Crippen LogP contribution in [0.5, 0.6) is 0 Å². The minimum atomic E-state index is -0.848. The van der Waals surface area contributed by atoms with Crippen molar-refractivity contribution >= 4 is 11.9 Å². The van der Waals surface area contributed by atoms with E-state index in [4.69, 9.17) is 9.84 Å². The van der Waals surface area contributed by atoms with E-state index in [1.165, 1.54) is 6.20 Å². The van der Waals surface area contributed by atoms with Gasteiger partial charge in [0, 0.05) is 31.9 Å². The van der Waals surface area contributed by atoms with Gasteiger partial charge in [0.25, 0.3) is 5.91 Å². The second-order valence-corrected chi connectivity index (χ2v) is 4.42. The van der Waals surface area contributed by atoms with Gasteiger partial charge < -0.3 is 14.7 Å². The van der Waals surface area contributed by atoms with Crippen LogP contribution in [0.1, 0.15) is 23.2 Å². The Bertz CT molecular complexity index is 449. The molecule has 0 saturated carbocycles. The van der Waals surface area contributed by atoms with Crippen LogP contribution < -0.4 is 0 Å². The Hall–Kier alpha value is -1.95. The van der Waals surface area contributed by atoms with E-state index >= 15 is 0 Å². The van der Waals surface area contributed by atoms with Gasteiger partial charge in [-0.25, -0.2) is 0 Å². The fraction of sp³-hybridized carbons (Fsp3) is 0.462. The molecule has 1 N–H and O–H groups in total. The standard InChI is InChI=1S/C13H16N2O4/c16-12(17)4-3-11-9-15(6-7-19-11)13(18)10-2-1-5-14-8-10/h1-2,5,8,11H,3-4,6-7,9H2,(H,16,17). The number of carboxylic acids is 1. The van der Waals surface area contributed by atoms with Gasteiger partial charge in [-0.3, -0.25) is 14.6 Å². The second-order valence-electron chi connectivity index (χ2n) is 4.42. The molecule has 0 spiro atoms. The van der Waals surface area contributed by atoms with Gasteiger partial charge in [-0.2, -0.15) is 0 Å². The fourth-order valence-corrected chi connectivity index (χ4v) is 2.03. The highest BCUT2D eigenvalue weighted by Crippen LogP contribution is 2.13. The molecular weight excluding hydrogens is 248 g/mol. The lowest BCUT2D eigenvalue weighted by Crippen LogP contribution is -2.45. The lowest BCUT2D eigenvalue weighted by atomic mass is 10.1. The number of pyridine rings is 1. The van der Waals surface area contributed by atoms with Gasteiger partial charge in [0.2, 0.25) is 0 Å². The molecule has 0 radical (unpaired) electrons. The van der Waals surface area contributed by atoms with Crippen LogP contribution in [-0.2, 0) is 9.53 Å². The zero-order chi connectivity index (χ0) is 13.7. The minimum absolute atomic E-state index is 0.0551. The molecule has 19 heavy (non-hydrogen) atoms. The van der Waals surface area contributed by atoms with Gasteiger partial charge in [-0.15, -0.1) is 0 Å². The van der Waals surface area contributed by atoms with Gasteiger partial charge in [-0.05, 0) is 18.6 Å². The summed E-state index contributed by atoms with van der Waals surface area (Å²) in [6.07, 6.45) is 3.42. The average molecular weight is 264 g/mol. The summed E-state index contributed by atoms with van der Waals surface area (Å²) in [6.45, 7) is 1.40. The zero-order valence-corrected chi connectivity index (χ0v) is 10.5. The Kier molecular flexibility index (Phi) is 4.46. The molecule has 6 heteroatoms. The number of aromatic nitrogens is 1. The molecule has 6 nitrogen and oxygen atoms in total. The summed E-state index contributed by atoms with van der Waals surface area (Å²) in [7, 11) is 0. The van der Waals surface area contributed by atoms with Crippen LogP contribution in [-0.4, -0.2) is 52.7 Å².